The quantitative estimate of drug-likeness (QED) is 0.878. The van der Waals surface area contributed by atoms with Crippen LogP contribution in [0.1, 0.15) is 65.3 Å². The molecule has 4 rings (SSSR count). The summed E-state index contributed by atoms with van der Waals surface area (Å²) in [6.07, 6.45) is 1.58. The summed E-state index contributed by atoms with van der Waals surface area (Å²) in [6, 6.07) is 9.17. The number of nitrogens with one attached hydrogen (secondary N) is 1. The molecule has 2 atom stereocenters. The molecule has 0 fully saturated rings. The topological polar surface area (TPSA) is 30.7 Å². The number of Topliss-reactive ketones (excluding diaryl/α,β-unsaturated/α-hetero) is 1. The summed E-state index contributed by atoms with van der Waals surface area (Å²) < 4.78 is 5.84. The summed E-state index contributed by atoms with van der Waals surface area (Å²) >= 11 is 0. The van der Waals surface area contributed by atoms with Crippen molar-refractivity contribution in [3.63, 3.8) is 0 Å². The fourth-order valence-corrected chi connectivity index (χ4v) is 5.15. The molecular weight excluding hydrogens is 346 g/mol. The van der Waals surface area contributed by atoms with Crippen LogP contribution >= 0.6 is 0 Å². The van der Waals surface area contributed by atoms with Crippen molar-refractivity contribution in [3.05, 3.63) is 63.2 Å². The molecule has 2 aromatic carbocycles. The fraction of sp³-hybridized carbons (Fsp3) is 0.400. The molecule has 3 nitrogen and oxygen atoms in total. The first kappa shape index (κ1) is 18.9. The first-order valence-corrected chi connectivity index (χ1v) is 10.2. The number of hydrogen-bond donors (Lipinski definition) is 1. The van der Waals surface area contributed by atoms with Gasteiger partial charge in [-0.1, -0.05) is 18.2 Å². The van der Waals surface area contributed by atoms with E-state index in [2.05, 4.69) is 52.0 Å². The molecule has 0 aromatic heterocycles. The average molecular weight is 377 g/mol. The highest BCUT2D eigenvalue weighted by Crippen LogP contribution is 2.42. The van der Waals surface area contributed by atoms with Crippen molar-refractivity contribution < 1.29 is 14.4 Å². The van der Waals surface area contributed by atoms with Crippen molar-refractivity contribution in [2.24, 2.45) is 0 Å². The van der Waals surface area contributed by atoms with E-state index in [0.717, 1.165) is 24.3 Å². The number of aryl methyl sites for hydroxylation is 3. The first-order chi connectivity index (χ1) is 13.3. The summed E-state index contributed by atoms with van der Waals surface area (Å²) in [5, 5.41) is 0. The number of carbonyl (C=O) groups excluding carboxylic acids is 1. The molecule has 0 aliphatic carbocycles. The number of methoxy groups -OCH3 is 1. The van der Waals surface area contributed by atoms with E-state index in [9.17, 15) is 4.79 Å². The zero-order chi connectivity index (χ0) is 20.2. The van der Waals surface area contributed by atoms with Crippen LogP contribution in [0.3, 0.4) is 0 Å². The predicted octanol–water partition coefficient (Wildman–Crippen LogP) is 3.98. The summed E-state index contributed by atoms with van der Waals surface area (Å²) in [6.45, 7) is 11.4. The Morgan fingerprint density at radius 2 is 1.79 bits per heavy atom. The van der Waals surface area contributed by atoms with Crippen molar-refractivity contribution in [1.29, 1.82) is 0 Å². The van der Waals surface area contributed by atoms with Gasteiger partial charge in [0.25, 0.3) is 0 Å². The molecule has 0 radical (unpaired) electrons. The lowest BCUT2D eigenvalue weighted by Gasteiger charge is -2.40. The average Bonchev–Trinajstić information content (AvgIpc) is 2.65. The van der Waals surface area contributed by atoms with Crippen molar-refractivity contribution in [2.45, 2.75) is 53.5 Å². The fourth-order valence-electron chi connectivity index (χ4n) is 5.15. The van der Waals surface area contributed by atoms with Gasteiger partial charge < -0.3 is 4.74 Å². The van der Waals surface area contributed by atoms with Gasteiger partial charge in [-0.15, -0.1) is 0 Å². The lowest BCUT2D eigenvalue weighted by atomic mass is 9.80. The van der Waals surface area contributed by atoms with E-state index >= 15 is 0 Å². The third-order valence-electron chi connectivity index (χ3n) is 6.61. The predicted molar refractivity (Wildman–Crippen MR) is 114 cm³/mol. The molecule has 2 aromatic rings. The second-order valence-electron chi connectivity index (χ2n) is 8.45. The highest BCUT2D eigenvalue weighted by Gasteiger charge is 2.42. The number of ether oxygens (including phenoxy) is 1. The van der Waals surface area contributed by atoms with Gasteiger partial charge >= 0.3 is 0 Å². The lowest BCUT2D eigenvalue weighted by Crippen LogP contribution is -3.11. The Hall–Kier alpha value is -2.39. The Labute approximate surface area is 168 Å². The molecule has 3 heteroatoms. The van der Waals surface area contributed by atoms with Crippen molar-refractivity contribution >= 4 is 17.1 Å². The van der Waals surface area contributed by atoms with E-state index in [1.54, 1.807) is 14.0 Å². The second kappa shape index (κ2) is 6.89. The van der Waals surface area contributed by atoms with Gasteiger partial charge in [0.05, 0.1) is 25.6 Å². The van der Waals surface area contributed by atoms with Crippen LogP contribution in [-0.4, -0.2) is 19.4 Å². The molecule has 0 bridgehead atoms. The first-order valence-electron chi connectivity index (χ1n) is 10.2. The molecule has 28 heavy (non-hydrogen) atoms. The van der Waals surface area contributed by atoms with Crippen LogP contribution < -0.4 is 9.64 Å². The highest BCUT2D eigenvalue weighted by atomic mass is 16.5. The summed E-state index contributed by atoms with van der Waals surface area (Å²) in [5.74, 6) is 1.18. The van der Waals surface area contributed by atoms with Gasteiger partial charge in [0.1, 0.15) is 23.3 Å². The van der Waals surface area contributed by atoms with Crippen LogP contribution in [0.25, 0.3) is 11.3 Å². The third-order valence-corrected chi connectivity index (χ3v) is 6.61. The van der Waals surface area contributed by atoms with E-state index in [4.69, 9.17) is 4.74 Å². The normalized spacial score (nSPS) is 20.4. The van der Waals surface area contributed by atoms with Crippen LogP contribution in [-0.2, 0) is 11.2 Å². The Bertz CT molecular complexity index is 1020. The monoisotopic (exact) mass is 376 g/mol. The third kappa shape index (κ3) is 2.80. The van der Waals surface area contributed by atoms with E-state index in [1.165, 1.54) is 49.6 Å². The zero-order valence-electron chi connectivity index (χ0n) is 17.8. The minimum Gasteiger partial charge on any atom is -0.496 e. The van der Waals surface area contributed by atoms with Crippen LogP contribution in [0.15, 0.2) is 24.3 Å². The van der Waals surface area contributed by atoms with Crippen LogP contribution in [0.2, 0.25) is 0 Å². The lowest BCUT2D eigenvalue weighted by molar-refractivity contribution is -0.861. The Morgan fingerprint density at radius 3 is 2.46 bits per heavy atom. The number of hydrogen-bond acceptors (Lipinski definition) is 2. The minimum atomic E-state index is 0.107. The number of benzene rings is 2. The smallest absolute Gasteiger partial charge is 0.142 e. The van der Waals surface area contributed by atoms with Gasteiger partial charge in [-0.25, -0.2) is 0 Å². The summed E-state index contributed by atoms with van der Waals surface area (Å²) in [5.41, 5.74) is 11.7. The number of ketones is 1. The molecular formula is C25H30NO2+. The molecule has 0 spiro atoms. The van der Waals surface area contributed by atoms with Gasteiger partial charge in [-0.05, 0) is 68.5 Å². The van der Waals surface area contributed by atoms with E-state index in [0.29, 0.717) is 6.42 Å². The minimum absolute atomic E-state index is 0.107. The van der Waals surface area contributed by atoms with E-state index < -0.39 is 0 Å². The summed E-state index contributed by atoms with van der Waals surface area (Å²) in [7, 11) is 1.75. The van der Waals surface area contributed by atoms with Gasteiger partial charge in [0.15, 0.2) is 0 Å². The summed E-state index contributed by atoms with van der Waals surface area (Å²) in [4.78, 5) is 13.7. The van der Waals surface area contributed by atoms with E-state index in [-0.39, 0.29) is 11.8 Å². The molecule has 1 N–H and O–H groups in total. The van der Waals surface area contributed by atoms with Gasteiger partial charge in [0.2, 0.25) is 0 Å². The highest BCUT2D eigenvalue weighted by molar-refractivity contribution is 5.91. The largest absolute Gasteiger partial charge is 0.496 e. The maximum atomic E-state index is 12.2. The molecule has 146 valence electrons. The molecule has 2 aliphatic rings. The van der Waals surface area contributed by atoms with Crippen molar-refractivity contribution in [3.8, 4) is 5.75 Å². The van der Waals surface area contributed by atoms with Crippen molar-refractivity contribution in [1.82, 2.24) is 0 Å². The number of fused-ring (bicyclic) bond motifs is 4. The number of rotatable bonds is 3. The Morgan fingerprint density at radius 1 is 1.07 bits per heavy atom. The number of allylic oxidation sites excluding steroid dienone is 1. The number of quaternary nitrogens is 1. The Balaban J connectivity index is 2.02. The Kier molecular flexibility index (Phi) is 4.67. The number of carbonyl (C=O) groups is 1. The van der Waals surface area contributed by atoms with Gasteiger partial charge in [0, 0.05) is 17.6 Å². The maximum absolute atomic E-state index is 12.2. The van der Waals surface area contributed by atoms with Crippen LogP contribution in [0.4, 0.5) is 0 Å². The SMILES string of the molecule is COc1c(C)ccc2c1C(CC(C)=O)[NH+]1CCc3cc(C)c(C)cc3C1=C2C. The van der Waals surface area contributed by atoms with Crippen LogP contribution in [0.5, 0.6) is 5.75 Å². The van der Waals surface area contributed by atoms with E-state index in [1.807, 2.05) is 0 Å². The molecule has 2 unspecified atom stereocenters. The zero-order valence-corrected chi connectivity index (χ0v) is 17.8. The molecule has 0 saturated carbocycles. The van der Waals surface area contributed by atoms with Gasteiger partial charge in [-0.3, -0.25) is 9.69 Å². The van der Waals surface area contributed by atoms with Crippen LogP contribution in [0, 0.1) is 20.8 Å². The molecule has 2 heterocycles. The molecule has 0 saturated heterocycles. The standard InChI is InChI=1S/C25H29NO2/c1-14-7-8-20-18(5)24-21-12-16(3)15(2)11-19(21)9-10-26(24)22(13-17(4)27)23(20)25(14)28-6/h7-8,11-12,22H,9-10,13H2,1-6H3/p+1. The molecule has 2 aliphatic heterocycles. The molecule has 0 amide bonds. The second-order valence-corrected chi connectivity index (χ2v) is 8.45. The van der Waals surface area contributed by atoms with Gasteiger partial charge in [-0.2, -0.15) is 0 Å². The maximum Gasteiger partial charge on any atom is 0.142 e. The van der Waals surface area contributed by atoms with Crippen molar-refractivity contribution in [2.75, 3.05) is 13.7 Å².